The third-order valence-electron chi connectivity index (χ3n) is 1.65. The van der Waals surface area contributed by atoms with Gasteiger partial charge in [0.25, 0.3) is 0 Å². The Morgan fingerprint density at radius 3 is 2.47 bits per heavy atom. The Bertz CT molecular complexity index is 357. The van der Waals surface area contributed by atoms with Crippen LogP contribution in [-0.4, -0.2) is 17.6 Å². The van der Waals surface area contributed by atoms with E-state index < -0.39 is 11.9 Å². The molecule has 2 nitrogen and oxygen atoms in total. The topological polar surface area (TPSA) is 24.4 Å². The molecule has 1 heterocycles. The molecule has 0 saturated carbocycles. The molecule has 0 aromatic carbocycles. The van der Waals surface area contributed by atoms with E-state index in [1.165, 1.54) is 0 Å². The summed E-state index contributed by atoms with van der Waals surface area (Å²) in [6, 6.07) is 0. The molecule has 1 N–H and O–H groups in total. The molecule has 0 saturated heterocycles. The highest BCUT2D eigenvalue weighted by atomic mass is 127. The van der Waals surface area contributed by atoms with Crippen LogP contribution in [0.25, 0.3) is 0 Å². The molecular formula is C8H8F3IN2S. The summed E-state index contributed by atoms with van der Waals surface area (Å²) in [6.07, 6.45) is -1.14. The summed E-state index contributed by atoms with van der Waals surface area (Å²) in [5, 5.41) is 2.54. The van der Waals surface area contributed by atoms with Crippen LogP contribution in [0.1, 0.15) is 6.92 Å². The first-order valence-corrected chi connectivity index (χ1v) is 6.24. The maximum absolute atomic E-state index is 12.6. The molecule has 0 aromatic heterocycles. The average Bonchev–Trinajstić information content (AvgIpc) is 2.16. The molecule has 15 heavy (non-hydrogen) atoms. The maximum Gasteiger partial charge on any atom is 0.432 e. The average molecular weight is 348 g/mol. The Kier molecular flexibility index (Phi) is 4.10. The molecule has 0 aromatic rings. The van der Waals surface area contributed by atoms with Gasteiger partial charge in [0.1, 0.15) is 5.70 Å². The van der Waals surface area contributed by atoms with Crippen LogP contribution in [0.15, 0.2) is 26.0 Å². The lowest BCUT2D eigenvalue weighted by Gasteiger charge is -2.21. The molecule has 0 radical (unpaired) electrons. The van der Waals surface area contributed by atoms with Crippen molar-refractivity contribution in [2.75, 3.05) is 6.26 Å². The molecule has 7 heteroatoms. The normalized spacial score (nSPS) is 20.4. The lowest BCUT2D eigenvalue weighted by atomic mass is 10.3. The summed E-state index contributed by atoms with van der Waals surface area (Å²) in [4.78, 5) is 4.03. The fraction of sp³-hybridized carbons (Fsp3) is 0.375. The molecule has 0 spiro atoms. The number of hydrogen-bond donors (Lipinski definition) is 1. The van der Waals surface area contributed by atoms with E-state index in [2.05, 4.69) is 10.3 Å². The van der Waals surface area contributed by atoms with E-state index in [1.807, 2.05) is 0 Å². The van der Waals surface area contributed by atoms with Crippen molar-refractivity contribution in [3.8, 4) is 0 Å². The van der Waals surface area contributed by atoms with E-state index in [1.54, 1.807) is 41.8 Å². The standard InChI is InChI=1S/C8H8F3IN2S/c1-3-4-5(12)6(8(9,10)11)14-7(13-4)15-2/h3H,1-2H3,(H,13,14). The van der Waals surface area contributed by atoms with Gasteiger partial charge in [-0.3, -0.25) is 0 Å². The van der Waals surface area contributed by atoms with Crippen LogP contribution < -0.4 is 5.32 Å². The van der Waals surface area contributed by atoms with Crippen molar-refractivity contribution in [1.29, 1.82) is 0 Å². The highest BCUT2D eigenvalue weighted by Crippen LogP contribution is 2.35. The number of rotatable bonds is 0. The number of allylic oxidation sites excluding steroid dienone is 3. The molecule has 1 aliphatic rings. The lowest BCUT2D eigenvalue weighted by Crippen LogP contribution is -2.33. The zero-order chi connectivity index (χ0) is 11.6. The second-order valence-corrected chi connectivity index (χ2v) is 4.48. The summed E-state index contributed by atoms with van der Waals surface area (Å²) in [7, 11) is 0. The third-order valence-corrected chi connectivity index (χ3v) is 3.32. The highest BCUT2D eigenvalue weighted by Gasteiger charge is 2.39. The fourth-order valence-electron chi connectivity index (χ4n) is 0.960. The van der Waals surface area contributed by atoms with Gasteiger partial charge in [-0.1, -0.05) is 17.8 Å². The van der Waals surface area contributed by atoms with Crippen LogP contribution in [0, 0.1) is 0 Å². The molecule has 84 valence electrons. The summed E-state index contributed by atoms with van der Waals surface area (Å²) in [5.41, 5.74) is -0.387. The van der Waals surface area contributed by atoms with Gasteiger partial charge in [-0.15, -0.1) is 0 Å². The number of hydrogen-bond acceptors (Lipinski definition) is 3. The SMILES string of the molecule is CC=C1N=C(SC)NC(C(F)(F)F)=C1I. The monoisotopic (exact) mass is 348 g/mol. The lowest BCUT2D eigenvalue weighted by molar-refractivity contribution is -0.0950. The number of thioether (sulfide) groups is 1. The number of alkyl halides is 3. The second-order valence-electron chi connectivity index (χ2n) is 2.61. The minimum atomic E-state index is -4.37. The predicted octanol–water partition coefficient (Wildman–Crippen LogP) is 3.42. The van der Waals surface area contributed by atoms with Gasteiger partial charge in [-0.05, 0) is 35.8 Å². The van der Waals surface area contributed by atoms with Gasteiger partial charge in [0.2, 0.25) is 0 Å². The van der Waals surface area contributed by atoms with Gasteiger partial charge in [0, 0.05) is 0 Å². The molecular weight excluding hydrogens is 340 g/mol. The van der Waals surface area contributed by atoms with Gasteiger partial charge in [0.05, 0.1) is 9.28 Å². The minimum Gasteiger partial charge on any atom is -0.330 e. The van der Waals surface area contributed by atoms with Crippen molar-refractivity contribution in [2.24, 2.45) is 4.99 Å². The van der Waals surface area contributed by atoms with Crippen LogP contribution >= 0.6 is 34.4 Å². The first kappa shape index (κ1) is 12.9. The third kappa shape index (κ3) is 2.90. The van der Waals surface area contributed by atoms with Crippen LogP contribution in [0.5, 0.6) is 0 Å². The van der Waals surface area contributed by atoms with Crippen LogP contribution in [-0.2, 0) is 0 Å². The van der Waals surface area contributed by atoms with Gasteiger partial charge >= 0.3 is 6.18 Å². The zero-order valence-electron chi connectivity index (χ0n) is 7.94. The van der Waals surface area contributed by atoms with Crippen molar-refractivity contribution in [3.05, 3.63) is 21.0 Å². The Morgan fingerprint density at radius 1 is 1.47 bits per heavy atom. The zero-order valence-corrected chi connectivity index (χ0v) is 10.9. The molecule has 0 unspecified atom stereocenters. The molecule has 0 atom stereocenters. The van der Waals surface area contributed by atoms with E-state index in [0.717, 1.165) is 11.8 Å². The first-order chi connectivity index (χ1) is 6.90. The Balaban J connectivity index is 3.17. The smallest absolute Gasteiger partial charge is 0.330 e. The van der Waals surface area contributed by atoms with Crippen molar-refractivity contribution in [2.45, 2.75) is 13.1 Å². The minimum absolute atomic E-state index is 0.0976. The van der Waals surface area contributed by atoms with Crippen molar-refractivity contribution in [1.82, 2.24) is 5.32 Å². The largest absolute Gasteiger partial charge is 0.432 e. The maximum atomic E-state index is 12.6. The summed E-state index contributed by atoms with van der Waals surface area (Å²) in [6.45, 7) is 1.66. The fourth-order valence-corrected chi connectivity index (χ4v) is 2.23. The van der Waals surface area contributed by atoms with Gasteiger partial charge in [0.15, 0.2) is 5.17 Å². The van der Waals surface area contributed by atoms with E-state index >= 15 is 0 Å². The van der Waals surface area contributed by atoms with Gasteiger partial charge < -0.3 is 5.32 Å². The number of amidine groups is 1. The molecule has 0 bridgehead atoms. The van der Waals surface area contributed by atoms with Crippen LogP contribution in [0.4, 0.5) is 13.2 Å². The second kappa shape index (κ2) is 4.77. The number of halogens is 4. The highest BCUT2D eigenvalue weighted by molar-refractivity contribution is 14.1. The van der Waals surface area contributed by atoms with Gasteiger partial charge in [-0.2, -0.15) is 13.2 Å². The Labute approximate surface area is 103 Å². The summed E-state index contributed by atoms with van der Waals surface area (Å²) < 4.78 is 37.9. The molecule has 0 aliphatic carbocycles. The molecule has 0 fully saturated rings. The number of nitrogens with one attached hydrogen (secondary N) is 1. The van der Waals surface area contributed by atoms with Gasteiger partial charge in [-0.25, -0.2) is 4.99 Å². The first-order valence-electron chi connectivity index (χ1n) is 3.93. The molecule has 1 aliphatic heterocycles. The predicted molar refractivity (Wildman–Crippen MR) is 64.9 cm³/mol. The van der Waals surface area contributed by atoms with E-state index in [4.69, 9.17) is 0 Å². The van der Waals surface area contributed by atoms with E-state index in [9.17, 15) is 13.2 Å². The summed E-state index contributed by atoms with van der Waals surface area (Å²) in [5.74, 6) is 0. The van der Waals surface area contributed by atoms with Crippen LogP contribution in [0.2, 0.25) is 0 Å². The van der Waals surface area contributed by atoms with Crippen molar-refractivity contribution >= 4 is 39.5 Å². The van der Waals surface area contributed by atoms with Crippen LogP contribution in [0.3, 0.4) is 0 Å². The van der Waals surface area contributed by atoms with Crippen molar-refractivity contribution in [3.63, 3.8) is 0 Å². The molecule has 0 amide bonds. The summed E-state index contributed by atoms with van der Waals surface area (Å²) >= 11 is 2.79. The molecule has 1 rings (SSSR count). The number of aliphatic imine (C=N–C) groups is 1. The van der Waals surface area contributed by atoms with Crippen molar-refractivity contribution < 1.29 is 13.2 Å². The van der Waals surface area contributed by atoms with E-state index in [-0.39, 0.29) is 8.75 Å². The Morgan fingerprint density at radius 2 is 2.07 bits per heavy atom. The quantitative estimate of drug-likeness (QED) is 0.679. The Hall–Kier alpha value is -0.180. The number of nitrogens with zero attached hydrogens (tertiary/aromatic N) is 1. The van der Waals surface area contributed by atoms with E-state index in [0.29, 0.717) is 5.70 Å².